The van der Waals surface area contributed by atoms with Gasteiger partial charge in [0.05, 0.1) is 0 Å². The SMILES string of the molecule is CCC1CCC(N(C)c2cc(Cl)nc(C(F)(F)F)n2)CC1. The topological polar surface area (TPSA) is 29.0 Å². The number of aromatic nitrogens is 2. The smallest absolute Gasteiger partial charge is 0.357 e. The minimum atomic E-state index is -4.58. The molecule has 0 atom stereocenters. The fourth-order valence-electron chi connectivity index (χ4n) is 2.84. The van der Waals surface area contributed by atoms with Gasteiger partial charge < -0.3 is 4.90 Å². The zero-order chi connectivity index (χ0) is 15.6. The van der Waals surface area contributed by atoms with Crippen LogP contribution < -0.4 is 4.90 Å². The molecule has 0 aliphatic heterocycles. The van der Waals surface area contributed by atoms with Gasteiger partial charge in [-0.25, -0.2) is 9.97 Å². The molecule has 1 aromatic rings. The van der Waals surface area contributed by atoms with Crippen LogP contribution in [0.15, 0.2) is 6.07 Å². The second-order valence-corrected chi connectivity index (χ2v) is 5.95. The number of alkyl halides is 3. The molecule has 0 saturated heterocycles. The van der Waals surface area contributed by atoms with E-state index in [4.69, 9.17) is 11.6 Å². The summed E-state index contributed by atoms with van der Waals surface area (Å²) in [5.74, 6) is -0.212. The number of hydrogen-bond acceptors (Lipinski definition) is 3. The summed E-state index contributed by atoms with van der Waals surface area (Å²) in [7, 11) is 1.77. The van der Waals surface area contributed by atoms with Crippen LogP contribution in [0.3, 0.4) is 0 Å². The number of nitrogens with zero attached hydrogens (tertiary/aromatic N) is 3. The lowest BCUT2D eigenvalue weighted by atomic mass is 9.84. The highest BCUT2D eigenvalue weighted by Gasteiger charge is 2.36. The standard InChI is InChI=1S/C14H19ClF3N3/c1-3-9-4-6-10(7-5-9)21(2)12-8-11(15)19-13(20-12)14(16,17)18/h8-10H,3-7H2,1-2H3. The number of hydrogen-bond donors (Lipinski definition) is 0. The van der Waals surface area contributed by atoms with Gasteiger partial charge in [-0.3, -0.25) is 0 Å². The van der Waals surface area contributed by atoms with E-state index in [0.717, 1.165) is 38.0 Å². The Kier molecular flexibility index (Phi) is 4.96. The molecule has 118 valence electrons. The third kappa shape index (κ3) is 3.99. The number of anilines is 1. The molecular weight excluding hydrogens is 303 g/mol. The molecule has 1 saturated carbocycles. The minimum Gasteiger partial charge on any atom is -0.357 e. The molecule has 1 aliphatic rings. The molecule has 1 aliphatic carbocycles. The third-order valence-corrected chi connectivity index (χ3v) is 4.43. The summed E-state index contributed by atoms with van der Waals surface area (Å²) in [6, 6.07) is 1.60. The van der Waals surface area contributed by atoms with Crippen LogP contribution in [0, 0.1) is 5.92 Å². The summed E-state index contributed by atoms with van der Waals surface area (Å²) in [5.41, 5.74) is 0. The van der Waals surface area contributed by atoms with Crippen LogP contribution in [0.4, 0.5) is 19.0 Å². The van der Waals surface area contributed by atoms with Crippen molar-refractivity contribution in [1.82, 2.24) is 9.97 Å². The van der Waals surface area contributed by atoms with E-state index in [1.54, 1.807) is 11.9 Å². The van der Waals surface area contributed by atoms with Crippen LogP contribution >= 0.6 is 11.6 Å². The molecule has 1 heterocycles. The first-order valence-electron chi connectivity index (χ1n) is 7.16. The maximum atomic E-state index is 12.7. The van der Waals surface area contributed by atoms with E-state index < -0.39 is 12.0 Å². The van der Waals surface area contributed by atoms with E-state index in [2.05, 4.69) is 16.9 Å². The van der Waals surface area contributed by atoms with Gasteiger partial charge in [0, 0.05) is 19.2 Å². The highest BCUT2D eigenvalue weighted by molar-refractivity contribution is 6.29. The van der Waals surface area contributed by atoms with Crippen LogP contribution in [0.1, 0.15) is 44.9 Å². The molecule has 0 radical (unpaired) electrons. The van der Waals surface area contributed by atoms with Crippen molar-refractivity contribution >= 4 is 17.4 Å². The fraction of sp³-hybridized carbons (Fsp3) is 0.714. The molecule has 3 nitrogen and oxygen atoms in total. The summed E-state index contributed by atoms with van der Waals surface area (Å²) in [6.45, 7) is 2.18. The second-order valence-electron chi connectivity index (χ2n) is 5.56. The normalized spacial score (nSPS) is 23.1. The van der Waals surface area contributed by atoms with Gasteiger partial charge in [-0.15, -0.1) is 0 Å². The van der Waals surface area contributed by atoms with Crippen LogP contribution in [0.25, 0.3) is 0 Å². The van der Waals surface area contributed by atoms with Crippen molar-refractivity contribution in [3.05, 3.63) is 17.0 Å². The van der Waals surface area contributed by atoms with Crippen molar-refractivity contribution in [2.24, 2.45) is 5.92 Å². The highest BCUT2D eigenvalue weighted by Crippen LogP contribution is 2.33. The first-order chi connectivity index (χ1) is 9.81. The largest absolute Gasteiger partial charge is 0.451 e. The van der Waals surface area contributed by atoms with Gasteiger partial charge in [0.25, 0.3) is 0 Å². The minimum absolute atomic E-state index is 0.179. The van der Waals surface area contributed by atoms with Crippen molar-refractivity contribution in [2.75, 3.05) is 11.9 Å². The highest BCUT2D eigenvalue weighted by atomic mass is 35.5. The van der Waals surface area contributed by atoms with Crippen LogP contribution in [0.5, 0.6) is 0 Å². The van der Waals surface area contributed by atoms with E-state index in [1.165, 1.54) is 6.07 Å². The Morgan fingerprint density at radius 1 is 1.24 bits per heavy atom. The molecule has 0 spiro atoms. The zero-order valence-corrected chi connectivity index (χ0v) is 12.9. The van der Waals surface area contributed by atoms with Gasteiger partial charge in [-0.2, -0.15) is 13.2 Å². The Bertz CT molecular complexity index is 485. The lowest BCUT2D eigenvalue weighted by molar-refractivity contribution is -0.144. The molecule has 2 rings (SSSR count). The summed E-state index contributed by atoms with van der Waals surface area (Å²) in [6.07, 6.45) is 0.733. The van der Waals surface area contributed by atoms with E-state index in [1.807, 2.05) is 0 Å². The summed E-state index contributed by atoms with van der Waals surface area (Å²) in [5, 5.41) is -0.179. The van der Waals surface area contributed by atoms with E-state index in [-0.39, 0.29) is 17.0 Å². The number of halogens is 4. The van der Waals surface area contributed by atoms with Gasteiger partial charge in [-0.1, -0.05) is 24.9 Å². The van der Waals surface area contributed by atoms with E-state index in [9.17, 15) is 13.2 Å². The molecule has 1 fully saturated rings. The third-order valence-electron chi connectivity index (χ3n) is 4.24. The first kappa shape index (κ1) is 16.3. The molecule has 0 amide bonds. The van der Waals surface area contributed by atoms with Gasteiger partial charge in [-0.05, 0) is 31.6 Å². The van der Waals surface area contributed by atoms with Crippen molar-refractivity contribution in [3.8, 4) is 0 Å². The van der Waals surface area contributed by atoms with Crippen LogP contribution in [-0.4, -0.2) is 23.1 Å². The summed E-state index contributed by atoms with van der Waals surface area (Å²) < 4.78 is 38.2. The Morgan fingerprint density at radius 2 is 1.86 bits per heavy atom. The number of rotatable bonds is 3. The molecular formula is C14H19ClF3N3. The average molecular weight is 322 g/mol. The summed E-state index contributed by atoms with van der Waals surface area (Å²) >= 11 is 5.71. The Balaban J connectivity index is 2.16. The lowest BCUT2D eigenvalue weighted by Gasteiger charge is -2.35. The molecule has 21 heavy (non-hydrogen) atoms. The van der Waals surface area contributed by atoms with Gasteiger partial charge in [0.15, 0.2) is 0 Å². The van der Waals surface area contributed by atoms with Crippen molar-refractivity contribution in [1.29, 1.82) is 0 Å². The zero-order valence-electron chi connectivity index (χ0n) is 12.1. The average Bonchev–Trinajstić information content (AvgIpc) is 2.45. The molecule has 0 bridgehead atoms. The predicted molar refractivity (Wildman–Crippen MR) is 76.5 cm³/mol. The van der Waals surface area contributed by atoms with E-state index in [0.29, 0.717) is 0 Å². The summed E-state index contributed by atoms with van der Waals surface area (Å²) in [4.78, 5) is 8.69. The monoisotopic (exact) mass is 321 g/mol. The van der Waals surface area contributed by atoms with Crippen molar-refractivity contribution in [2.45, 2.75) is 51.2 Å². The maximum absolute atomic E-state index is 12.7. The molecule has 0 unspecified atom stereocenters. The van der Waals surface area contributed by atoms with Gasteiger partial charge in [0.2, 0.25) is 5.82 Å². The molecule has 1 aromatic heterocycles. The Hall–Kier alpha value is -1.04. The second kappa shape index (κ2) is 6.38. The first-order valence-corrected chi connectivity index (χ1v) is 7.53. The van der Waals surface area contributed by atoms with Crippen LogP contribution in [0.2, 0.25) is 5.15 Å². The van der Waals surface area contributed by atoms with Gasteiger partial charge >= 0.3 is 6.18 Å². The molecule has 0 aromatic carbocycles. The quantitative estimate of drug-likeness (QED) is 0.765. The van der Waals surface area contributed by atoms with Crippen LogP contribution in [-0.2, 0) is 6.18 Å². The maximum Gasteiger partial charge on any atom is 0.451 e. The van der Waals surface area contributed by atoms with Gasteiger partial charge in [0.1, 0.15) is 11.0 Å². The van der Waals surface area contributed by atoms with Crippen molar-refractivity contribution in [3.63, 3.8) is 0 Å². The Labute approximate surface area is 127 Å². The predicted octanol–water partition coefficient (Wildman–Crippen LogP) is 4.55. The fourth-order valence-corrected chi connectivity index (χ4v) is 3.02. The van der Waals surface area contributed by atoms with E-state index >= 15 is 0 Å². The lowest BCUT2D eigenvalue weighted by Crippen LogP contribution is -2.36. The van der Waals surface area contributed by atoms with Crippen molar-refractivity contribution < 1.29 is 13.2 Å². The molecule has 0 N–H and O–H groups in total. The Morgan fingerprint density at radius 3 is 2.38 bits per heavy atom. The molecule has 7 heteroatoms.